The third-order valence-corrected chi connectivity index (χ3v) is 4.93. The second-order valence-corrected chi connectivity index (χ2v) is 8.88. The molecule has 0 aliphatic carbocycles. The molecule has 0 rings (SSSR count). The van der Waals surface area contributed by atoms with Crippen LogP contribution in [0.4, 0.5) is 0 Å². The molecule has 0 spiro atoms. The van der Waals surface area contributed by atoms with Crippen LogP contribution in [-0.4, -0.2) is 79.7 Å². The lowest BCUT2D eigenvalue weighted by Crippen LogP contribution is -2.54. The molecule has 0 radical (unpaired) electrons. The van der Waals surface area contributed by atoms with Gasteiger partial charge in [0.2, 0.25) is 23.6 Å². The SMILES string of the molecule is CC(C)CNC(=O)[C@H](C)NC(=O)[C@@H](NC(=O)CCOCCOCCNC(=O)CI)C(C)C. The van der Waals surface area contributed by atoms with Gasteiger partial charge in [-0.15, -0.1) is 0 Å². The third-order valence-electron chi connectivity index (χ3n) is 4.24. The highest BCUT2D eigenvalue weighted by Crippen LogP contribution is 2.03. The largest absolute Gasteiger partial charge is 0.379 e. The fourth-order valence-corrected chi connectivity index (χ4v) is 2.67. The van der Waals surface area contributed by atoms with Crippen molar-refractivity contribution in [3.8, 4) is 0 Å². The zero-order valence-corrected chi connectivity index (χ0v) is 22.0. The number of alkyl halides is 1. The molecule has 0 aromatic carbocycles. The topological polar surface area (TPSA) is 135 Å². The number of carbonyl (C=O) groups is 4. The van der Waals surface area contributed by atoms with Gasteiger partial charge in [-0.25, -0.2) is 0 Å². The number of amides is 4. The molecule has 0 bridgehead atoms. The summed E-state index contributed by atoms with van der Waals surface area (Å²) in [7, 11) is 0. The van der Waals surface area contributed by atoms with Crippen molar-refractivity contribution in [3.05, 3.63) is 0 Å². The van der Waals surface area contributed by atoms with Crippen molar-refractivity contribution in [2.24, 2.45) is 11.8 Å². The van der Waals surface area contributed by atoms with Gasteiger partial charge in [-0.3, -0.25) is 19.2 Å². The molecule has 0 aliphatic heterocycles. The van der Waals surface area contributed by atoms with Crippen molar-refractivity contribution in [1.82, 2.24) is 21.3 Å². The second kappa shape index (κ2) is 18.0. The zero-order valence-electron chi connectivity index (χ0n) is 19.8. The van der Waals surface area contributed by atoms with Gasteiger partial charge in [-0.2, -0.15) is 0 Å². The lowest BCUT2D eigenvalue weighted by atomic mass is 10.0. The summed E-state index contributed by atoms with van der Waals surface area (Å²) in [6.07, 6.45) is 0.104. The van der Waals surface area contributed by atoms with Crippen LogP contribution in [0.25, 0.3) is 0 Å². The molecule has 0 saturated carbocycles. The Hall–Kier alpha value is -1.47. The first-order valence-corrected chi connectivity index (χ1v) is 12.5. The van der Waals surface area contributed by atoms with Gasteiger partial charge in [-0.1, -0.05) is 50.3 Å². The lowest BCUT2D eigenvalue weighted by molar-refractivity contribution is -0.133. The maximum atomic E-state index is 12.6. The van der Waals surface area contributed by atoms with Gasteiger partial charge in [0, 0.05) is 19.5 Å². The first-order chi connectivity index (χ1) is 15.1. The highest BCUT2D eigenvalue weighted by atomic mass is 127. The van der Waals surface area contributed by atoms with E-state index in [1.54, 1.807) is 6.92 Å². The van der Waals surface area contributed by atoms with Crippen LogP contribution in [0.1, 0.15) is 41.0 Å². The third kappa shape index (κ3) is 15.4. The van der Waals surface area contributed by atoms with Gasteiger partial charge in [-0.05, 0) is 18.8 Å². The molecule has 4 amide bonds. The van der Waals surface area contributed by atoms with E-state index in [1.165, 1.54) is 0 Å². The summed E-state index contributed by atoms with van der Waals surface area (Å²) in [6.45, 7) is 11.5. The molecule has 0 aromatic rings. The van der Waals surface area contributed by atoms with Crippen LogP contribution in [0, 0.1) is 11.8 Å². The van der Waals surface area contributed by atoms with E-state index < -0.39 is 18.0 Å². The van der Waals surface area contributed by atoms with Gasteiger partial charge in [0.15, 0.2) is 0 Å². The molecule has 32 heavy (non-hydrogen) atoms. The van der Waals surface area contributed by atoms with Crippen LogP contribution in [0.15, 0.2) is 0 Å². The van der Waals surface area contributed by atoms with E-state index in [1.807, 2.05) is 50.3 Å². The number of halogens is 1. The van der Waals surface area contributed by atoms with Crippen molar-refractivity contribution in [2.75, 3.05) is 43.9 Å². The van der Waals surface area contributed by atoms with E-state index in [4.69, 9.17) is 9.47 Å². The highest BCUT2D eigenvalue weighted by Gasteiger charge is 2.26. The molecule has 11 heteroatoms. The van der Waals surface area contributed by atoms with Gasteiger partial charge in [0.1, 0.15) is 12.1 Å². The number of hydrogen-bond acceptors (Lipinski definition) is 6. The number of rotatable bonds is 17. The summed E-state index contributed by atoms with van der Waals surface area (Å²) in [4.78, 5) is 47.9. The minimum absolute atomic E-state index is 0.0336. The van der Waals surface area contributed by atoms with E-state index in [-0.39, 0.29) is 36.7 Å². The number of nitrogens with one attached hydrogen (secondary N) is 4. The predicted molar refractivity (Wildman–Crippen MR) is 130 cm³/mol. The fraction of sp³-hybridized carbons (Fsp3) is 0.810. The Balaban J connectivity index is 4.15. The normalized spacial score (nSPS) is 12.9. The molecule has 0 fully saturated rings. The Bertz CT molecular complexity index is 589. The van der Waals surface area contributed by atoms with Crippen molar-refractivity contribution >= 4 is 46.2 Å². The molecule has 0 aromatic heterocycles. The molecular formula is C21H39IN4O6. The van der Waals surface area contributed by atoms with E-state index >= 15 is 0 Å². The molecule has 0 unspecified atom stereocenters. The van der Waals surface area contributed by atoms with Gasteiger partial charge >= 0.3 is 0 Å². The first-order valence-electron chi connectivity index (χ1n) is 10.9. The standard InChI is InChI=1S/C21H39IN4O6/c1-14(2)13-24-20(29)16(5)25-21(30)19(15(3)4)26-17(27)6-8-31-10-11-32-9-7-23-18(28)12-22/h14-16,19H,6-13H2,1-5H3,(H,23,28)(H,24,29)(H,25,30)(H,26,27)/t16-,19-/m0/s1. The molecule has 10 nitrogen and oxygen atoms in total. The quantitative estimate of drug-likeness (QED) is 0.114. The van der Waals surface area contributed by atoms with E-state index in [2.05, 4.69) is 21.3 Å². The zero-order chi connectivity index (χ0) is 24.5. The van der Waals surface area contributed by atoms with Crippen LogP contribution in [0.2, 0.25) is 0 Å². The molecular weight excluding hydrogens is 531 g/mol. The highest BCUT2D eigenvalue weighted by molar-refractivity contribution is 14.1. The van der Waals surface area contributed by atoms with Crippen molar-refractivity contribution in [1.29, 1.82) is 0 Å². The van der Waals surface area contributed by atoms with Crippen LogP contribution < -0.4 is 21.3 Å². The van der Waals surface area contributed by atoms with E-state index in [0.29, 0.717) is 43.3 Å². The molecule has 4 N–H and O–H groups in total. The Morgan fingerprint density at radius 2 is 1.41 bits per heavy atom. The Morgan fingerprint density at radius 1 is 0.781 bits per heavy atom. The summed E-state index contributed by atoms with van der Waals surface area (Å²) in [5.74, 6) is -0.835. The van der Waals surface area contributed by atoms with Gasteiger partial charge < -0.3 is 30.7 Å². The van der Waals surface area contributed by atoms with Crippen LogP contribution in [0.5, 0.6) is 0 Å². The van der Waals surface area contributed by atoms with E-state index in [9.17, 15) is 19.2 Å². The predicted octanol–water partition coefficient (Wildman–Crippen LogP) is 0.379. The smallest absolute Gasteiger partial charge is 0.243 e. The molecule has 186 valence electrons. The van der Waals surface area contributed by atoms with Crippen molar-refractivity contribution < 1.29 is 28.7 Å². The van der Waals surface area contributed by atoms with Crippen molar-refractivity contribution in [3.63, 3.8) is 0 Å². The number of carbonyl (C=O) groups excluding carboxylic acids is 4. The van der Waals surface area contributed by atoms with Crippen LogP contribution in [0.3, 0.4) is 0 Å². The first kappa shape index (κ1) is 30.5. The van der Waals surface area contributed by atoms with Crippen LogP contribution in [-0.2, 0) is 28.7 Å². The number of hydrogen-bond donors (Lipinski definition) is 4. The summed E-state index contributed by atoms with van der Waals surface area (Å²) in [5, 5.41) is 10.8. The number of ether oxygens (including phenoxy) is 2. The molecule has 0 heterocycles. The summed E-state index contributed by atoms with van der Waals surface area (Å²) in [6, 6.07) is -1.44. The average Bonchev–Trinajstić information content (AvgIpc) is 2.73. The van der Waals surface area contributed by atoms with Gasteiger partial charge in [0.05, 0.1) is 30.9 Å². The Labute approximate surface area is 204 Å². The van der Waals surface area contributed by atoms with Crippen molar-refractivity contribution in [2.45, 2.75) is 53.1 Å². The minimum atomic E-state index is -0.746. The molecule has 0 saturated heterocycles. The minimum Gasteiger partial charge on any atom is -0.379 e. The van der Waals surface area contributed by atoms with E-state index in [0.717, 1.165) is 0 Å². The van der Waals surface area contributed by atoms with Crippen LogP contribution >= 0.6 is 22.6 Å². The lowest BCUT2D eigenvalue weighted by Gasteiger charge is -2.24. The maximum Gasteiger partial charge on any atom is 0.243 e. The molecule has 2 atom stereocenters. The maximum absolute atomic E-state index is 12.6. The van der Waals surface area contributed by atoms with Gasteiger partial charge in [0.25, 0.3) is 0 Å². The fourth-order valence-electron chi connectivity index (χ4n) is 2.40. The summed E-state index contributed by atoms with van der Waals surface area (Å²) < 4.78 is 11.1. The average molecular weight is 570 g/mol. The Kier molecular flexibility index (Phi) is 17.2. The Morgan fingerprint density at radius 3 is 1.97 bits per heavy atom. The monoisotopic (exact) mass is 570 g/mol. The molecule has 0 aliphatic rings. The summed E-state index contributed by atoms with van der Waals surface area (Å²) in [5.41, 5.74) is 0. The summed E-state index contributed by atoms with van der Waals surface area (Å²) >= 11 is 1.98. The second-order valence-electron chi connectivity index (χ2n) is 8.12.